The molecule has 0 aliphatic rings. The van der Waals surface area contributed by atoms with Crippen molar-refractivity contribution in [2.24, 2.45) is 0 Å². The smallest absolute Gasteiger partial charge is 0.323 e. The van der Waals surface area contributed by atoms with Gasteiger partial charge in [-0.05, 0) is 44.5 Å². The highest BCUT2D eigenvalue weighted by Gasteiger charge is 2.34. The Morgan fingerprint density at radius 1 is 1.33 bits per heavy atom. The molecule has 0 heterocycles. The van der Waals surface area contributed by atoms with E-state index in [0.29, 0.717) is 13.0 Å². The van der Waals surface area contributed by atoms with Gasteiger partial charge in [-0.25, -0.2) is 0 Å². The van der Waals surface area contributed by atoms with E-state index in [1.165, 1.54) is 5.56 Å². The average Bonchev–Trinajstić information content (AvgIpc) is 2.41. The van der Waals surface area contributed by atoms with Crippen molar-refractivity contribution >= 4 is 5.97 Å². The second-order valence-electron chi connectivity index (χ2n) is 5.69. The van der Waals surface area contributed by atoms with Crippen molar-refractivity contribution in [3.8, 4) is 5.75 Å². The molecule has 0 radical (unpaired) electrons. The monoisotopic (exact) mass is 293 g/mol. The lowest BCUT2D eigenvalue weighted by Gasteiger charge is -2.29. The van der Waals surface area contributed by atoms with Gasteiger partial charge in [0, 0.05) is 6.42 Å². The van der Waals surface area contributed by atoms with Crippen LogP contribution in [0.15, 0.2) is 24.3 Å². The fourth-order valence-electron chi connectivity index (χ4n) is 2.50. The molecule has 2 atom stereocenters. The normalized spacial score (nSPS) is 15.2. The lowest BCUT2D eigenvalue weighted by molar-refractivity contribution is -0.145. The Kier molecular flexibility index (Phi) is 6.69. The lowest BCUT2D eigenvalue weighted by Crippen LogP contribution is -2.51. The Balaban J connectivity index is 2.63. The Bertz CT molecular complexity index is 444. The highest BCUT2D eigenvalue weighted by atomic mass is 16.5. The fraction of sp³-hybridized carbons (Fsp3) is 0.588. The molecule has 0 bridgehead atoms. The highest BCUT2D eigenvalue weighted by Crippen LogP contribution is 2.20. The minimum Gasteiger partial charge on any atom is -0.491 e. The van der Waals surface area contributed by atoms with Gasteiger partial charge in [-0.3, -0.25) is 4.79 Å². The predicted molar refractivity (Wildman–Crippen MR) is 84.9 cm³/mol. The number of aliphatic carboxylic acids is 1. The first-order chi connectivity index (χ1) is 9.91. The van der Waals surface area contributed by atoms with Crippen LogP contribution in [0.4, 0.5) is 0 Å². The van der Waals surface area contributed by atoms with E-state index in [-0.39, 0.29) is 6.10 Å². The summed E-state index contributed by atoms with van der Waals surface area (Å²) in [5.41, 5.74) is 0.330. The number of ether oxygens (including phenoxy) is 1. The molecule has 118 valence electrons. The van der Waals surface area contributed by atoms with Crippen LogP contribution in [0.1, 0.15) is 46.1 Å². The van der Waals surface area contributed by atoms with E-state index in [2.05, 4.69) is 24.4 Å². The topological polar surface area (TPSA) is 58.6 Å². The van der Waals surface area contributed by atoms with E-state index >= 15 is 0 Å². The van der Waals surface area contributed by atoms with Gasteiger partial charge < -0.3 is 15.2 Å². The first kappa shape index (κ1) is 17.5. The number of carboxylic acid groups (broad SMARTS) is 1. The van der Waals surface area contributed by atoms with Crippen LogP contribution in [-0.2, 0) is 11.2 Å². The van der Waals surface area contributed by atoms with E-state index in [0.717, 1.165) is 18.6 Å². The zero-order valence-electron chi connectivity index (χ0n) is 13.5. The van der Waals surface area contributed by atoms with Crippen LogP contribution in [0, 0.1) is 0 Å². The van der Waals surface area contributed by atoms with Crippen molar-refractivity contribution < 1.29 is 14.6 Å². The largest absolute Gasteiger partial charge is 0.491 e. The third-order valence-corrected chi connectivity index (χ3v) is 3.53. The molecule has 2 N–H and O–H groups in total. The van der Waals surface area contributed by atoms with Crippen LogP contribution in [-0.4, -0.2) is 29.3 Å². The molecule has 1 rings (SSSR count). The number of rotatable bonds is 9. The number of hydrogen-bond donors (Lipinski definition) is 2. The standard InChI is InChI=1S/C17H27NO3/c1-5-7-14-8-10-15(11-9-14)21-13(3)12-17(4,16(19)20)18-6-2/h8-11,13,18H,5-7,12H2,1-4H3,(H,19,20). The van der Waals surface area contributed by atoms with Gasteiger partial charge >= 0.3 is 5.97 Å². The van der Waals surface area contributed by atoms with Crippen LogP contribution in [0.5, 0.6) is 5.75 Å². The van der Waals surface area contributed by atoms with E-state index < -0.39 is 11.5 Å². The molecular formula is C17H27NO3. The summed E-state index contributed by atoms with van der Waals surface area (Å²) in [5.74, 6) is -0.0651. The molecule has 0 saturated heterocycles. The molecule has 0 aromatic heterocycles. The van der Waals surface area contributed by atoms with Gasteiger partial charge in [-0.1, -0.05) is 32.4 Å². The summed E-state index contributed by atoms with van der Waals surface area (Å²) < 4.78 is 5.84. The molecule has 4 nitrogen and oxygen atoms in total. The first-order valence-corrected chi connectivity index (χ1v) is 7.65. The number of likely N-dealkylation sites (N-methyl/N-ethyl adjacent to an activating group) is 1. The molecule has 1 aromatic carbocycles. The number of benzene rings is 1. The van der Waals surface area contributed by atoms with Gasteiger partial charge in [-0.15, -0.1) is 0 Å². The molecular weight excluding hydrogens is 266 g/mol. The second-order valence-corrected chi connectivity index (χ2v) is 5.69. The van der Waals surface area contributed by atoms with Crippen LogP contribution in [0.25, 0.3) is 0 Å². The molecule has 0 spiro atoms. The number of carbonyl (C=O) groups is 1. The zero-order valence-corrected chi connectivity index (χ0v) is 13.5. The minimum absolute atomic E-state index is 0.179. The maximum absolute atomic E-state index is 11.4. The van der Waals surface area contributed by atoms with Crippen LogP contribution >= 0.6 is 0 Å². The van der Waals surface area contributed by atoms with Crippen molar-refractivity contribution in [1.29, 1.82) is 0 Å². The third-order valence-electron chi connectivity index (χ3n) is 3.53. The average molecular weight is 293 g/mol. The maximum atomic E-state index is 11.4. The summed E-state index contributed by atoms with van der Waals surface area (Å²) in [5, 5.41) is 12.4. The quantitative estimate of drug-likeness (QED) is 0.734. The molecule has 4 heteroatoms. The minimum atomic E-state index is -0.962. The Morgan fingerprint density at radius 2 is 1.95 bits per heavy atom. The van der Waals surface area contributed by atoms with Crippen molar-refractivity contribution in [3.05, 3.63) is 29.8 Å². The predicted octanol–water partition coefficient (Wildman–Crippen LogP) is 3.25. The van der Waals surface area contributed by atoms with Gasteiger partial charge in [0.15, 0.2) is 0 Å². The first-order valence-electron chi connectivity index (χ1n) is 7.65. The van der Waals surface area contributed by atoms with Crippen molar-refractivity contribution in [1.82, 2.24) is 5.32 Å². The van der Waals surface area contributed by atoms with Gasteiger partial charge in [0.2, 0.25) is 0 Å². The molecule has 21 heavy (non-hydrogen) atoms. The molecule has 0 amide bonds. The number of aryl methyl sites for hydroxylation is 1. The molecule has 2 unspecified atom stereocenters. The van der Waals surface area contributed by atoms with Crippen LogP contribution in [0.2, 0.25) is 0 Å². The number of carboxylic acids is 1. The summed E-state index contributed by atoms with van der Waals surface area (Å²) in [6, 6.07) is 8.03. The van der Waals surface area contributed by atoms with Gasteiger partial charge in [0.25, 0.3) is 0 Å². The Morgan fingerprint density at radius 3 is 2.43 bits per heavy atom. The second kappa shape index (κ2) is 8.03. The van der Waals surface area contributed by atoms with Crippen LogP contribution < -0.4 is 10.1 Å². The Labute approximate surface area is 127 Å². The summed E-state index contributed by atoms with van der Waals surface area (Å²) in [4.78, 5) is 11.4. The zero-order chi connectivity index (χ0) is 15.9. The van der Waals surface area contributed by atoms with Gasteiger partial charge in [-0.2, -0.15) is 0 Å². The molecule has 0 aliphatic heterocycles. The highest BCUT2D eigenvalue weighted by molar-refractivity contribution is 5.78. The van der Waals surface area contributed by atoms with E-state index in [9.17, 15) is 9.90 Å². The number of hydrogen-bond acceptors (Lipinski definition) is 3. The molecule has 0 aliphatic carbocycles. The molecule has 0 saturated carbocycles. The van der Waals surface area contributed by atoms with Gasteiger partial charge in [0.05, 0.1) is 6.10 Å². The number of nitrogens with one attached hydrogen (secondary N) is 1. The van der Waals surface area contributed by atoms with Gasteiger partial charge in [0.1, 0.15) is 11.3 Å². The van der Waals surface area contributed by atoms with E-state index in [1.54, 1.807) is 6.92 Å². The maximum Gasteiger partial charge on any atom is 0.323 e. The van der Waals surface area contributed by atoms with Crippen molar-refractivity contribution in [2.75, 3.05) is 6.54 Å². The summed E-state index contributed by atoms with van der Waals surface area (Å²) in [6.45, 7) is 8.27. The third kappa shape index (κ3) is 5.38. The molecule has 0 fully saturated rings. The van der Waals surface area contributed by atoms with E-state index in [4.69, 9.17) is 4.74 Å². The van der Waals surface area contributed by atoms with Crippen LogP contribution in [0.3, 0.4) is 0 Å². The van der Waals surface area contributed by atoms with Crippen molar-refractivity contribution in [2.45, 2.75) is 58.6 Å². The Hall–Kier alpha value is -1.55. The summed E-state index contributed by atoms with van der Waals surface area (Å²) >= 11 is 0. The summed E-state index contributed by atoms with van der Waals surface area (Å²) in [7, 11) is 0. The summed E-state index contributed by atoms with van der Waals surface area (Å²) in [6.07, 6.45) is 2.42. The van der Waals surface area contributed by atoms with Crippen molar-refractivity contribution in [3.63, 3.8) is 0 Å². The lowest BCUT2D eigenvalue weighted by atomic mass is 9.95. The fourth-order valence-corrected chi connectivity index (χ4v) is 2.50. The SMILES string of the molecule is CCCc1ccc(OC(C)CC(C)(NCC)C(=O)O)cc1. The van der Waals surface area contributed by atoms with E-state index in [1.807, 2.05) is 26.0 Å². The molecule has 1 aromatic rings.